The molecule has 0 aliphatic carbocycles. The number of ether oxygens (including phenoxy) is 1. The summed E-state index contributed by atoms with van der Waals surface area (Å²) in [6.45, 7) is 3.66. The molecule has 1 aromatic carbocycles. The minimum atomic E-state index is -3.29. The summed E-state index contributed by atoms with van der Waals surface area (Å²) in [5, 5.41) is 3.05. The minimum Gasteiger partial charge on any atom is -0.384 e. The Balaban J connectivity index is 2.53. The second kappa shape index (κ2) is 8.36. The summed E-state index contributed by atoms with van der Waals surface area (Å²) in [5.74, 6) is 0.166. The van der Waals surface area contributed by atoms with Crippen LogP contribution in [-0.4, -0.2) is 35.7 Å². The van der Waals surface area contributed by atoms with E-state index in [-0.39, 0.29) is 11.7 Å². The summed E-state index contributed by atoms with van der Waals surface area (Å²) in [6.07, 6.45) is 0. The first-order chi connectivity index (χ1) is 9.46. The smallest absolute Gasteiger partial charge is 0.215 e. The van der Waals surface area contributed by atoms with Gasteiger partial charge in [-0.05, 0) is 24.1 Å². The van der Waals surface area contributed by atoms with Crippen LogP contribution in [0.5, 0.6) is 0 Å². The van der Waals surface area contributed by atoms with Crippen molar-refractivity contribution in [3.8, 4) is 0 Å². The van der Waals surface area contributed by atoms with Gasteiger partial charge >= 0.3 is 0 Å². The fourth-order valence-electron chi connectivity index (χ4n) is 1.84. The van der Waals surface area contributed by atoms with Gasteiger partial charge in [0.05, 0.1) is 5.75 Å². The number of rotatable bonds is 9. The molecule has 0 aliphatic heterocycles. The van der Waals surface area contributed by atoms with E-state index in [0.717, 1.165) is 17.7 Å². The molecule has 0 aliphatic rings. The van der Waals surface area contributed by atoms with E-state index in [2.05, 4.69) is 10.0 Å². The van der Waals surface area contributed by atoms with Crippen LogP contribution in [0.2, 0.25) is 0 Å². The number of nitrogens with one attached hydrogen (secondary N) is 2. The first-order valence-corrected chi connectivity index (χ1v) is 8.30. The van der Waals surface area contributed by atoms with Gasteiger partial charge in [-0.3, -0.25) is 0 Å². The largest absolute Gasteiger partial charge is 0.384 e. The van der Waals surface area contributed by atoms with E-state index >= 15 is 0 Å². The van der Waals surface area contributed by atoms with Crippen molar-refractivity contribution in [1.82, 2.24) is 10.0 Å². The first-order valence-electron chi connectivity index (χ1n) is 6.65. The molecule has 0 bridgehead atoms. The lowest BCUT2D eigenvalue weighted by Crippen LogP contribution is -2.31. The van der Waals surface area contributed by atoms with Gasteiger partial charge in [-0.25, -0.2) is 13.1 Å². The van der Waals surface area contributed by atoms with Gasteiger partial charge in [-0.2, -0.15) is 0 Å². The Labute approximate surface area is 121 Å². The van der Waals surface area contributed by atoms with Crippen molar-refractivity contribution in [2.45, 2.75) is 19.2 Å². The molecule has 2 N–H and O–H groups in total. The van der Waals surface area contributed by atoms with Crippen molar-refractivity contribution < 1.29 is 13.2 Å². The summed E-state index contributed by atoms with van der Waals surface area (Å²) in [5.41, 5.74) is 1.92. The molecular weight excluding hydrogens is 276 g/mol. The highest BCUT2D eigenvalue weighted by atomic mass is 32.2. The maximum absolute atomic E-state index is 12.0. The fourth-order valence-corrected chi connectivity index (χ4v) is 3.11. The Hall–Kier alpha value is -0.950. The van der Waals surface area contributed by atoms with Crippen molar-refractivity contribution >= 4 is 10.0 Å². The van der Waals surface area contributed by atoms with Gasteiger partial charge in [-0.1, -0.05) is 31.2 Å². The molecule has 1 unspecified atom stereocenters. The van der Waals surface area contributed by atoms with Gasteiger partial charge in [0, 0.05) is 26.8 Å². The highest BCUT2D eigenvalue weighted by molar-refractivity contribution is 7.88. The molecule has 0 heterocycles. The summed E-state index contributed by atoms with van der Waals surface area (Å²) in [6, 6.07) is 7.58. The Morgan fingerprint density at radius 1 is 1.20 bits per heavy atom. The molecule has 0 saturated carbocycles. The van der Waals surface area contributed by atoms with Crippen LogP contribution in [0.25, 0.3) is 0 Å². The van der Waals surface area contributed by atoms with E-state index in [9.17, 15) is 8.42 Å². The molecular formula is C14H24N2O3S. The number of hydrogen-bond donors (Lipinski definition) is 2. The van der Waals surface area contributed by atoms with Crippen molar-refractivity contribution in [3.05, 3.63) is 35.4 Å². The standard InChI is InChI=1S/C14H24N2O3S/c1-12(10-19-3)8-16-20(17,18)11-14-6-4-13(5-7-14)9-15-2/h4-7,12,15-16H,8-11H2,1-3H3. The van der Waals surface area contributed by atoms with Crippen LogP contribution >= 0.6 is 0 Å². The SMILES string of the molecule is CNCc1ccc(CS(=O)(=O)NCC(C)COC)cc1. The highest BCUT2D eigenvalue weighted by Gasteiger charge is 2.13. The van der Waals surface area contributed by atoms with E-state index in [4.69, 9.17) is 4.74 Å². The molecule has 0 fully saturated rings. The van der Waals surface area contributed by atoms with Crippen LogP contribution < -0.4 is 10.0 Å². The second-order valence-electron chi connectivity index (χ2n) is 5.01. The molecule has 0 saturated heterocycles. The van der Waals surface area contributed by atoms with Crippen LogP contribution in [0, 0.1) is 5.92 Å². The quantitative estimate of drug-likeness (QED) is 0.717. The van der Waals surface area contributed by atoms with E-state index in [1.165, 1.54) is 0 Å². The van der Waals surface area contributed by atoms with Crippen molar-refractivity contribution in [2.75, 3.05) is 27.3 Å². The molecule has 0 spiro atoms. The van der Waals surface area contributed by atoms with Crippen LogP contribution in [0.15, 0.2) is 24.3 Å². The molecule has 1 rings (SSSR count). The lowest BCUT2D eigenvalue weighted by molar-refractivity contribution is 0.161. The van der Waals surface area contributed by atoms with Gasteiger partial charge in [0.2, 0.25) is 10.0 Å². The zero-order valence-corrected chi connectivity index (χ0v) is 13.2. The van der Waals surface area contributed by atoms with Gasteiger partial charge in [0.15, 0.2) is 0 Å². The molecule has 20 heavy (non-hydrogen) atoms. The lowest BCUT2D eigenvalue weighted by atomic mass is 10.1. The maximum atomic E-state index is 12.0. The number of hydrogen-bond acceptors (Lipinski definition) is 4. The van der Waals surface area contributed by atoms with Crippen molar-refractivity contribution in [2.24, 2.45) is 5.92 Å². The van der Waals surface area contributed by atoms with E-state index < -0.39 is 10.0 Å². The zero-order valence-electron chi connectivity index (χ0n) is 12.3. The van der Waals surface area contributed by atoms with E-state index in [0.29, 0.717) is 13.2 Å². The maximum Gasteiger partial charge on any atom is 0.215 e. The third-order valence-corrected chi connectivity index (χ3v) is 4.18. The highest BCUT2D eigenvalue weighted by Crippen LogP contribution is 2.08. The Bertz CT molecular complexity index is 486. The average Bonchev–Trinajstić information content (AvgIpc) is 2.39. The molecule has 0 aromatic heterocycles. The predicted octanol–water partition coefficient (Wildman–Crippen LogP) is 1.11. The Kier molecular flexibility index (Phi) is 7.15. The molecule has 114 valence electrons. The van der Waals surface area contributed by atoms with Crippen LogP contribution in [0.3, 0.4) is 0 Å². The normalized spacial score (nSPS) is 13.3. The van der Waals surface area contributed by atoms with Gasteiger partial charge < -0.3 is 10.1 Å². The third kappa shape index (κ3) is 6.47. The second-order valence-corrected chi connectivity index (χ2v) is 6.82. The summed E-state index contributed by atoms with van der Waals surface area (Å²) < 4.78 is 31.5. The third-order valence-electron chi connectivity index (χ3n) is 2.86. The average molecular weight is 300 g/mol. The molecule has 6 heteroatoms. The van der Waals surface area contributed by atoms with Crippen molar-refractivity contribution in [1.29, 1.82) is 0 Å². The predicted molar refractivity (Wildman–Crippen MR) is 80.9 cm³/mol. The van der Waals surface area contributed by atoms with Crippen LogP contribution in [-0.2, 0) is 27.1 Å². The molecule has 1 atom stereocenters. The topological polar surface area (TPSA) is 67.4 Å². The van der Waals surface area contributed by atoms with Crippen molar-refractivity contribution in [3.63, 3.8) is 0 Å². The fraction of sp³-hybridized carbons (Fsp3) is 0.571. The molecule has 5 nitrogen and oxygen atoms in total. The number of benzene rings is 1. The number of sulfonamides is 1. The van der Waals surface area contributed by atoms with Crippen LogP contribution in [0.1, 0.15) is 18.1 Å². The Morgan fingerprint density at radius 2 is 1.80 bits per heavy atom. The van der Waals surface area contributed by atoms with Gasteiger partial charge in [0.1, 0.15) is 0 Å². The van der Waals surface area contributed by atoms with E-state index in [1.807, 2.05) is 38.2 Å². The van der Waals surface area contributed by atoms with Gasteiger partial charge in [-0.15, -0.1) is 0 Å². The Morgan fingerprint density at radius 3 is 2.35 bits per heavy atom. The summed E-state index contributed by atoms with van der Waals surface area (Å²) in [4.78, 5) is 0. The van der Waals surface area contributed by atoms with Crippen LogP contribution in [0.4, 0.5) is 0 Å². The lowest BCUT2D eigenvalue weighted by Gasteiger charge is -2.12. The number of methoxy groups -OCH3 is 1. The summed E-state index contributed by atoms with van der Waals surface area (Å²) in [7, 11) is 0.193. The monoisotopic (exact) mass is 300 g/mol. The molecule has 1 aromatic rings. The summed E-state index contributed by atoms with van der Waals surface area (Å²) >= 11 is 0. The minimum absolute atomic E-state index is 0.00648. The first kappa shape index (κ1) is 17.1. The van der Waals surface area contributed by atoms with Gasteiger partial charge in [0.25, 0.3) is 0 Å². The van der Waals surface area contributed by atoms with E-state index in [1.54, 1.807) is 7.11 Å². The molecule has 0 amide bonds. The molecule has 0 radical (unpaired) electrons. The zero-order chi connectivity index (χ0) is 15.0.